The number of aryl methyl sites for hydroxylation is 1. The second kappa shape index (κ2) is 17.5. The molecule has 12 N–H and O–H groups in total. The number of primary amides is 1. The molecular formula is C21H36N9O14P3. The number of rotatable bonds is 21. The van der Waals surface area contributed by atoms with Crippen molar-refractivity contribution in [2.45, 2.75) is 44.2 Å². The molecule has 0 spiro atoms. The van der Waals surface area contributed by atoms with Gasteiger partial charge in [-0.25, -0.2) is 28.6 Å². The molecule has 1 aliphatic heterocycles. The van der Waals surface area contributed by atoms with Crippen LogP contribution in [0.15, 0.2) is 36.8 Å². The molecular weight excluding hydrogens is 695 g/mol. The number of nitrogens with two attached hydrogens (primary N) is 2. The Kier molecular flexibility index (Phi) is 14.4. The zero-order valence-electron chi connectivity index (χ0n) is 24.5. The van der Waals surface area contributed by atoms with Gasteiger partial charge in [-0.15, -0.1) is 0 Å². The van der Waals surface area contributed by atoms with Crippen LogP contribution in [0.5, 0.6) is 0 Å². The fourth-order valence-corrected chi connectivity index (χ4v) is 6.92. The van der Waals surface area contributed by atoms with Crippen LogP contribution in [0.2, 0.25) is 0 Å². The summed E-state index contributed by atoms with van der Waals surface area (Å²) in [5, 5.41) is 16.0. The van der Waals surface area contributed by atoms with Crippen LogP contribution in [-0.4, -0.2) is 94.8 Å². The molecule has 0 radical (unpaired) electrons. The number of aliphatic hydroxyl groups is 1. The smallest absolute Gasteiger partial charge is 0.416 e. The van der Waals surface area contributed by atoms with Gasteiger partial charge in [0, 0.05) is 32.3 Å². The molecule has 1 amide bonds. The van der Waals surface area contributed by atoms with Crippen molar-refractivity contribution in [3.8, 4) is 0 Å². The molecule has 1 aliphatic rings. The molecule has 47 heavy (non-hydrogen) atoms. The Labute approximate surface area is 266 Å². The first-order valence-electron chi connectivity index (χ1n) is 13.6. The Balaban J connectivity index is 1.41. The quantitative estimate of drug-likeness (QED) is 0.0180. The van der Waals surface area contributed by atoms with Gasteiger partial charge < -0.3 is 60.9 Å². The molecule has 2 aromatic heterocycles. The number of imidazole rings is 1. The number of carbonyl (C=O) groups is 1. The molecule has 3 rings (SSSR count). The molecule has 264 valence electrons. The van der Waals surface area contributed by atoms with Crippen LogP contribution < -0.4 is 27.6 Å². The predicted octanol–water partition coefficient (Wildman–Crippen LogP) is -1.21. The third-order valence-corrected chi connectivity index (χ3v) is 9.73. The number of fused-ring (bicyclic) bond motifs is 1. The maximum absolute atomic E-state index is 11.9. The molecule has 26 heteroatoms. The molecule has 0 aliphatic carbocycles. The normalized spacial score (nSPS) is 21.5. The van der Waals surface area contributed by atoms with Gasteiger partial charge >= 0.3 is 23.5 Å². The van der Waals surface area contributed by atoms with E-state index in [1.165, 1.54) is 18.6 Å². The minimum atomic E-state index is -5.70. The zero-order valence-corrected chi connectivity index (χ0v) is 27.2. The van der Waals surface area contributed by atoms with Gasteiger partial charge in [0.2, 0.25) is 5.91 Å². The van der Waals surface area contributed by atoms with Crippen molar-refractivity contribution < 1.29 is 65.9 Å². The summed E-state index contributed by atoms with van der Waals surface area (Å²) in [5.74, 6) is -0.303. The topological polar surface area (TPSA) is 347 Å². The number of hydrogen-bond donors (Lipinski definition) is 10. The highest BCUT2D eigenvalue weighted by atomic mass is 31.3. The number of phosphoric acid groups is 3. The predicted molar refractivity (Wildman–Crippen MR) is 160 cm³/mol. The minimum Gasteiger partial charge on any atom is -0.416 e. The number of nitrogens with one attached hydrogen (secondary N) is 3. The average molecular weight is 731 g/mol. The number of anilines is 1. The van der Waals surface area contributed by atoms with E-state index in [4.69, 9.17) is 30.8 Å². The van der Waals surface area contributed by atoms with Crippen LogP contribution in [-0.2, 0) is 47.8 Å². The number of amides is 1. The van der Waals surface area contributed by atoms with Crippen molar-refractivity contribution in [2.75, 3.05) is 31.6 Å². The lowest BCUT2D eigenvalue weighted by Crippen LogP contribution is -2.28. The molecule has 0 aromatic carbocycles. The first-order valence-corrected chi connectivity index (χ1v) is 18.1. The highest BCUT2D eigenvalue weighted by Crippen LogP contribution is 2.66. The molecule has 5 unspecified atom stereocenters. The lowest BCUT2D eigenvalue weighted by atomic mass is 10.2. The van der Waals surface area contributed by atoms with Gasteiger partial charge in [-0.3, -0.25) is 9.32 Å². The van der Waals surface area contributed by atoms with Gasteiger partial charge in [0.25, 0.3) is 0 Å². The van der Waals surface area contributed by atoms with E-state index in [1.54, 1.807) is 6.33 Å². The zero-order chi connectivity index (χ0) is 34.7. The third-order valence-electron chi connectivity index (χ3n) is 5.92. The van der Waals surface area contributed by atoms with Crippen molar-refractivity contribution in [2.24, 2.45) is 11.5 Å². The van der Waals surface area contributed by atoms with Crippen LogP contribution in [0.4, 0.5) is 5.82 Å². The summed E-state index contributed by atoms with van der Waals surface area (Å²) >= 11 is 0. The van der Waals surface area contributed by atoms with Crippen LogP contribution in [0, 0.1) is 0 Å². The van der Waals surface area contributed by atoms with E-state index >= 15 is 0 Å². The van der Waals surface area contributed by atoms with Crippen LogP contribution in [0.1, 0.15) is 19.3 Å². The molecule has 1 fully saturated rings. The number of aromatic nitrogens is 4. The van der Waals surface area contributed by atoms with Crippen molar-refractivity contribution in [1.29, 1.82) is 0 Å². The number of carbonyl (C=O) groups excluding carboxylic acids is 1. The van der Waals surface area contributed by atoms with E-state index in [-0.39, 0.29) is 12.0 Å². The maximum Gasteiger partial charge on any atom is 0.490 e. The summed E-state index contributed by atoms with van der Waals surface area (Å²) in [6.45, 7) is 1.20. The highest BCUT2D eigenvalue weighted by molar-refractivity contribution is 7.66. The largest absolute Gasteiger partial charge is 0.490 e. The lowest BCUT2D eigenvalue weighted by molar-refractivity contribution is -0.114. The van der Waals surface area contributed by atoms with Crippen molar-refractivity contribution >= 4 is 46.4 Å². The summed E-state index contributed by atoms with van der Waals surface area (Å²) in [6, 6.07) is 0. The minimum absolute atomic E-state index is 0.0647. The van der Waals surface area contributed by atoms with E-state index in [0.29, 0.717) is 36.6 Å². The summed E-state index contributed by atoms with van der Waals surface area (Å²) in [5.41, 5.74) is 14.8. The monoisotopic (exact) mass is 731 g/mol. The van der Waals surface area contributed by atoms with Crippen LogP contribution >= 0.6 is 23.5 Å². The fraction of sp³-hybridized carbons (Fsp3) is 0.524. The van der Waals surface area contributed by atoms with Gasteiger partial charge in [0.1, 0.15) is 30.4 Å². The molecule has 1 saturated heterocycles. The SMILES string of the molecule is NCCCCn1cnc2c(NCCNO/C=C/C(=C/NC3CC(O)C(COP(=O)(O)OP(=O)(O)OP(=O)(O)O)O3)C(N)=O)ncnc21. The first kappa shape index (κ1) is 38.6. The van der Waals surface area contributed by atoms with E-state index in [9.17, 15) is 33.4 Å². The number of unbranched alkanes of at least 4 members (excludes halogenated alkanes) is 1. The summed E-state index contributed by atoms with van der Waals surface area (Å²) in [7, 11) is -16.7. The fourth-order valence-electron chi connectivity index (χ4n) is 3.89. The van der Waals surface area contributed by atoms with Crippen molar-refractivity contribution in [3.05, 3.63) is 36.8 Å². The number of hydrogen-bond acceptors (Lipinski definition) is 17. The van der Waals surface area contributed by atoms with Crippen molar-refractivity contribution in [1.82, 2.24) is 30.3 Å². The van der Waals surface area contributed by atoms with Crippen LogP contribution in [0.25, 0.3) is 11.2 Å². The molecule has 0 saturated carbocycles. The van der Waals surface area contributed by atoms with E-state index < -0.39 is 54.4 Å². The third kappa shape index (κ3) is 13.3. The Hall–Kier alpha value is -2.85. The van der Waals surface area contributed by atoms with Gasteiger partial charge in [-0.2, -0.15) is 14.1 Å². The van der Waals surface area contributed by atoms with Gasteiger partial charge in [-0.05, 0) is 25.5 Å². The molecule has 5 atom stereocenters. The van der Waals surface area contributed by atoms with Gasteiger partial charge in [-0.1, -0.05) is 0 Å². The summed E-state index contributed by atoms with van der Waals surface area (Å²) in [6.07, 6.45) is 4.88. The molecule has 23 nitrogen and oxygen atoms in total. The molecule has 3 heterocycles. The van der Waals surface area contributed by atoms with E-state index in [0.717, 1.165) is 25.6 Å². The van der Waals surface area contributed by atoms with Crippen LogP contribution in [0.3, 0.4) is 0 Å². The molecule has 0 bridgehead atoms. The number of nitrogens with zero attached hydrogens (tertiary/aromatic N) is 4. The first-order chi connectivity index (χ1) is 22.1. The Morgan fingerprint density at radius 1 is 1.11 bits per heavy atom. The Bertz CT molecular complexity index is 1550. The maximum atomic E-state index is 11.9. The van der Waals surface area contributed by atoms with Gasteiger partial charge in [0.15, 0.2) is 11.5 Å². The number of aliphatic hydroxyl groups excluding tert-OH is 1. The standard InChI is InChI=1S/C21H36N9O14P3/c22-4-1-2-7-30-13-28-18-20(26-12-27-21(18)30)24-5-6-29-40-8-3-14(19(23)32)10-25-17-9-15(31)16(42-17)11-41-46(36,37)44-47(38,39)43-45(33,34)35/h3,8,10,12-13,15-17,25,29,31H,1-2,4-7,9,11,22H2,(H2,23,32)(H,36,37)(H,38,39)(H,24,26,27)(H2,33,34,35)/b8-3+,14-10-. The Morgan fingerprint density at radius 3 is 2.57 bits per heavy atom. The Morgan fingerprint density at radius 2 is 1.87 bits per heavy atom. The second-order valence-electron chi connectivity index (χ2n) is 9.55. The molecule has 2 aromatic rings. The van der Waals surface area contributed by atoms with Crippen molar-refractivity contribution in [3.63, 3.8) is 0 Å². The lowest BCUT2D eigenvalue weighted by Gasteiger charge is -2.19. The second-order valence-corrected chi connectivity index (χ2v) is 14.0. The summed E-state index contributed by atoms with van der Waals surface area (Å²) < 4.78 is 53.0. The number of ether oxygens (including phenoxy) is 1. The number of hydroxylamine groups is 1. The number of phosphoric ester groups is 1. The average Bonchev–Trinajstić information content (AvgIpc) is 3.54. The van der Waals surface area contributed by atoms with E-state index in [2.05, 4.69) is 44.2 Å². The highest BCUT2D eigenvalue weighted by Gasteiger charge is 2.42. The van der Waals surface area contributed by atoms with E-state index in [1.807, 2.05) is 4.57 Å². The van der Waals surface area contributed by atoms with Gasteiger partial charge in [0.05, 0.1) is 24.6 Å². The summed E-state index contributed by atoms with van der Waals surface area (Å²) in [4.78, 5) is 65.8.